The predicted molar refractivity (Wildman–Crippen MR) is 80.6 cm³/mol. The van der Waals surface area contributed by atoms with E-state index in [-0.39, 0.29) is 9.92 Å². The highest BCUT2D eigenvalue weighted by Gasteiger charge is 2.16. The number of sulfonamides is 1. The zero-order valence-electron chi connectivity index (χ0n) is 11.3. The summed E-state index contributed by atoms with van der Waals surface area (Å²) in [6.07, 6.45) is 1.09. The first-order valence-corrected chi connectivity index (χ1v) is 7.75. The number of H-pyrrole nitrogens is 1. The molecule has 0 fully saturated rings. The van der Waals surface area contributed by atoms with E-state index in [9.17, 15) is 13.2 Å². The average Bonchev–Trinajstić information content (AvgIpc) is 2.41. The number of nitrogens with one attached hydrogen (secondary N) is 2. The highest BCUT2D eigenvalue weighted by molar-refractivity contribution is 7.92. The van der Waals surface area contributed by atoms with Crippen LogP contribution >= 0.6 is 11.6 Å². The van der Waals surface area contributed by atoms with Crippen LogP contribution in [0, 0.1) is 6.92 Å². The zero-order chi connectivity index (χ0) is 15.6. The van der Waals surface area contributed by atoms with Gasteiger partial charge in [0.2, 0.25) is 0 Å². The van der Waals surface area contributed by atoms with Gasteiger partial charge in [-0.1, -0.05) is 11.6 Å². The fourth-order valence-corrected chi connectivity index (χ4v) is 3.03. The summed E-state index contributed by atoms with van der Waals surface area (Å²) in [6.45, 7) is 1.80. The van der Waals surface area contributed by atoms with E-state index in [4.69, 9.17) is 16.3 Å². The van der Waals surface area contributed by atoms with Gasteiger partial charge in [0.25, 0.3) is 15.6 Å². The van der Waals surface area contributed by atoms with Crippen LogP contribution in [-0.4, -0.2) is 20.5 Å². The normalized spacial score (nSPS) is 11.2. The molecule has 6 nitrogen and oxygen atoms in total. The van der Waals surface area contributed by atoms with Crippen LogP contribution in [0.25, 0.3) is 0 Å². The first-order valence-electron chi connectivity index (χ1n) is 5.89. The fourth-order valence-electron chi connectivity index (χ4n) is 1.75. The molecule has 1 heterocycles. The van der Waals surface area contributed by atoms with Crippen molar-refractivity contribution >= 4 is 27.3 Å². The van der Waals surface area contributed by atoms with E-state index in [2.05, 4.69) is 9.71 Å². The smallest absolute Gasteiger partial charge is 0.266 e. The Morgan fingerprint density at radius 2 is 2.00 bits per heavy atom. The molecule has 21 heavy (non-hydrogen) atoms. The van der Waals surface area contributed by atoms with Gasteiger partial charge in [-0.05, 0) is 36.8 Å². The lowest BCUT2D eigenvalue weighted by atomic mass is 10.2. The molecule has 0 spiro atoms. The highest BCUT2D eigenvalue weighted by Crippen LogP contribution is 2.23. The van der Waals surface area contributed by atoms with Crippen molar-refractivity contribution in [2.45, 2.75) is 11.8 Å². The SMILES string of the molecule is COc1ccc(NS(=O)(=O)c2c[nH]c(=O)c(Cl)c2)cc1C. The molecule has 0 radical (unpaired) electrons. The molecule has 0 atom stereocenters. The second-order valence-corrected chi connectivity index (χ2v) is 6.39. The second kappa shape index (κ2) is 5.79. The van der Waals surface area contributed by atoms with E-state index >= 15 is 0 Å². The number of methoxy groups -OCH3 is 1. The molecule has 0 aliphatic rings. The molecule has 0 saturated heterocycles. The number of rotatable bonds is 4. The van der Waals surface area contributed by atoms with Crippen LogP contribution in [0.1, 0.15) is 5.56 Å². The van der Waals surface area contributed by atoms with Crippen molar-refractivity contribution in [1.82, 2.24) is 4.98 Å². The Morgan fingerprint density at radius 1 is 1.29 bits per heavy atom. The number of pyridine rings is 1. The molecule has 1 aromatic carbocycles. The Morgan fingerprint density at radius 3 is 2.57 bits per heavy atom. The first kappa shape index (κ1) is 15.4. The van der Waals surface area contributed by atoms with E-state index in [1.807, 2.05) is 0 Å². The van der Waals surface area contributed by atoms with Gasteiger partial charge in [0.1, 0.15) is 15.7 Å². The van der Waals surface area contributed by atoms with Gasteiger partial charge in [-0.3, -0.25) is 9.52 Å². The quantitative estimate of drug-likeness (QED) is 0.900. The number of halogens is 1. The number of ether oxygens (including phenoxy) is 1. The standard InChI is InChI=1S/C13H13ClN2O4S/c1-8-5-9(3-4-12(8)20-2)16-21(18,19)10-6-11(14)13(17)15-7-10/h3-7,16H,1-2H3,(H,15,17). The third-order valence-electron chi connectivity index (χ3n) is 2.79. The summed E-state index contributed by atoms with van der Waals surface area (Å²) in [4.78, 5) is 13.3. The van der Waals surface area contributed by atoms with Gasteiger partial charge in [-0.15, -0.1) is 0 Å². The number of benzene rings is 1. The molecule has 2 aromatic rings. The third-order valence-corrected chi connectivity index (χ3v) is 4.43. The van der Waals surface area contributed by atoms with Gasteiger partial charge in [-0.2, -0.15) is 0 Å². The Bertz CT molecular complexity index is 830. The lowest BCUT2D eigenvalue weighted by Gasteiger charge is -2.10. The maximum atomic E-state index is 12.2. The summed E-state index contributed by atoms with van der Waals surface area (Å²) >= 11 is 5.64. The van der Waals surface area contributed by atoms with Crippen LogP contribution in [0.15, 0.2) is 40.2 Å². The van der Waals surface area contributed by atoms with Crippen LogP contribution in [0.5, 0.6) is 5.75 Å². The minimum Gasteiger partial charge on any atom is -0.496 e. The largest absolute Gasteiger partial charge is 0.496 e. The van der Waals surface area contributed by atoms with Gasteiger partial charge in [0, 0.05) is 11.9 Å². The van der Waals surface area contributed by atoms with Gasteiger partial charge < -0.3 is 9.72 Å². The molecule has 0 unspecified atom stereocenters. The topological polar surface area (TPSA) is 88.3 Å². The molecule has 8 heteroatoms. The van der Waals surface area contributed by atoms with E-state index in [1.165, 1.54) is 7.11 Å². The summed E-state index contributed by atoms with van der Waals surface area (Å²) in [5, 5.41) is -0.191. The molecule has 2 rings (SSSR count). The molecule has 112 valence electrons. The monoisotopic (exact) mass is 328 g/mol. The Hall–Kier alpha value is -1.99. The molecule has 0 bridgehead atoms. The highest BCUT2D eigenvalue weighted by atomic mass is 35.5. The van der Waals surface area contributed by atoms with Crippen molar-refractivity contribution in [1.29, 1.82) is 0 Å². The summed E-state index contributed by atoms with van der Waals surface area (Å²) < 4.78 is 31.9. The minimum atomic E-state index is -3.83. The van der Waals surface area contributed by atoms with Gasteiger partial charge >= 0.3 is 0 Å². The van der Waals surface area contributed by atoms with Gasteiger partial charge in [0.05, 0.1) is 7.11 Å². The lowest BCUT2D eigenvalue weighted by Crippen LogP contribution is -2.16. The van der Waals surface area contributed by atoms with Gasteiger partial charge in [0.15, 0.2) is 0 Å². The molecular formula is C13H13ClN2O4S. The molecule has 0 aliphatic carbocycles. The number of hydrogen-bond acceptors (Lipinski definition) is 4. The van der Waals surface area contributed by atoms with Crippen molar-refractivity contribution < 1.29 is 13.2 Å². The van der Waals surface area contributed by atoms with Crippen LogP contribution in [0.3, 0.4) is 0 Å². The predicted octanol–water partition coefficient (Wildman–Crippen LogP) is 2.15. The summed E-state index contributed by atoms with van der Waals surface area (Å²) in [6, 6.07) is 5.98. The maximum absolute atomic E-state index is 12.2. The molecule has 1 aromatic heterocycles. The fraction of sp³-hybridized carbons (Fsp3) is 0.154. The zero-order valence-corrected chi connectivity index (χ0v) is 12.9. The van der Waals surface area contributed by atoms with E-state index in [0.29, 0.717) is 11.4 Å². The minimum absolute atomic E-state index is 0.124. The Kier molecular flexibility index (Phi) is 4.24. The number of aromatic nitrogens is 1. The van der Waals surface area contributed by atoms with Crippen molar-refractivity contribution in [3.05, 3.63) is 51.4 Å². The molecular weight excluding hydrogens is 316 g/mol. The second-order valence-electron chi connectivity index (χ2n) is 4.30. The van der Waals surface area contributed by atoms with Crippen molar-refractivity contribution in [2.24, 2.45) is 0 Å². The van der Waals surface area contributed by atoms with Gasteiger partial charge in [-0.25, -0.2) is 8.42 Å². The third kappa shape index (κ3) is 3.37. The van der Waals surface area contributed by atoms with E-state index in [1.54, 1.807) is 25.1 Å². The van der Waals surface area contributed by atoms with Crippen molar-refractivity contribution in [3.8, 4) is 5.75 Å². The first-order chi connectivity index (χ1) is 9.83. The van der Waals surface area contributed by atoms with Crippen molar-refractivity contribution in [3.63, 3.8) is 0 Å². The summed E-state index contributed by atoms with van der Waals surface area (Å²) in [5.41, 5.74) is 0.628. The molecule has 0 aliphatic heterocycles. The van der Waals surface area contributed by atoms with Crippen LogP contribution in [0.4, 0.5) is 5.69 Å². The Balaban J connectivity index is 2.35. The van der Waals surface area contributed by atoms with Crippen molar-refractivity contribution in [2.75, 3.05) is 11.8 Å². The number of anilines is 1. The van der Waals surface area contributed by atoms with E-state index < -0.39 is 15.6 Å². The van der Waals surface area contributed by atoms with Crippen LogP contribution in [0.2, 0.25) is 5.02 Å². The maximum Gasteiger partial charge on any atom is 0.266 e. The molecule has 0 amide bonds. The lowest BCUT2D eigenvalue weighted by molar-refractivity contribution is 0.412. The molecule has 0 saturated carbocycles. The summed E-state index contributed by atoms with van der Waals surface area (Å²) in [5.74, 6) is 0.657. The van der Waals surface area contributed by atoms with Crippen LogP contribution < -0.4 is 15.0 Å². The summed E-state index contributed by atoms with van der Waals surface area (Å²) in [7, 11) is -2.30. The number of aromatic amines is 1. The average molecular weight is 329 g/mol. The number of hydrogen-bond donors (Lipinski definition) is 2. The molecule has 2 N–H and O–H groups in total. The van der Waals surface area contributed by atoms with Crippen LogP contribution in [-0.2, 0) is 10.0 Å². The number of aryl methyl sites for hydroxylation is 1. The van der Waals surface area contributed by atoms with E-state index in [0.717, 1.165) is 17.8 Å². The Labute approximate surface area is 126 Å².